The van der Waals surface area contributed by atoms with Gasteiger partial charge in [-0.15, -0.1) is 0 Å². The van der Waals surface area contributed by atoms with Crippen molar-refractivity contribution in [1.82, 2.24) is 14.9 Å². The third-order valence-electron chi connectivity index (χ3n) is 3.34. The van der Waals surface area contributed by atoms with E-state index in [0.29, 0.717) is 12.5 Å². The second kappa shape index (κ2) is 6.12. The fourth-order valence-corrected chi connectivity index (χ4v) is 2.46. The van der Waals surface area contributed by atoms with Crippen molar-refractivity contribution >= 4 is 23.1 Å². The highest BCUT2D eigenvalue weighted by Crippen LogP contribution is 2.28. The van der Waals surface area contributed by atoms with Crippen LogP contribution in [0.5, 0.6) is 0 Å². The number of hydrogen-bond donors (Lipinski definition) is 1. The van der Waals surface area contributed by atoms with Gasteiger partial charge in [-0.3, -0.25) is 10.1 Å². The lowest BCUT2D eigenvalue weighted by molar-refractivity contribution is -0.384. The minimum atomic E-state index is -0.558. The number of aromatic nitrogens is 2. The zero-order chi connectivity index (χ0) is 13.8. The molecule has 1 unspecified atom stereocenters. The molecule has 1 atom stereocenters. The highest BCUT2D eigenvalue weighted by molar-refractivity contribution is 6.31. The normalized spacial score (nSPS) is 19.6. The molecule has 19 heavy (non-hydrogen) atoms. The monoisotopic (exact) mass is 285 g/mol. The highest BCUT2D eigenvalue weighted by atomic mass is 35.5. The molecule has 1 N–H and O–H groups in total. The average Bonchev–Trinajstić information content (AvgIpc) is 2.83. The summed E-state index contributed by atoms with van der Waals surface area (Å²) in [6.45, 7) is 5.91. The number of halogens is 1. The highest BCUT2D eigenvalue weighted by Gasteiger charge is 2.24. The second-order valence-electron chi connectivity index (χ2n) is 4.55. The van der Waals surface area contributed by atoms with Gasteiger partial charge in [-0.1, -0.05) is 18.5 Å². The summed E-state index contributed by atoms with van der Waals surface area (Å²) in [5.74, 6) is 0.674. The van der Waals surface area contributed by atoms with Crippen molar-refractivity contribution in [1.29, 1.82) is 0 Å². The first kappa shape index (κ1) is 14.0. The molecule has 0 bridgehead atoms. The Hall–Kier alpha value is -1.47. The zero-order valence-corrected chi connectivity index (χ0v) is 11.4. The molecule has 1 aromatic rings. The van der Waals surface area contributed by atoms with E-state index in [-0.39, 0.29) is 16.7 Å². The van der Waals surface area contributed by atoms with Crippen LogP contribution in [0.3, 0.4) is 0 Å². The van der Waals surface area contributed by atoms with E-state index in [1.165, 1.54) is 6.33 Å². The largest absolute Gasteiger partial charge is 0.364 e. The summed E-state index contributed by atoms with van der Waals surface area (Å²) < 4.78 is 0. The summed E-state index contributed by atoms with van der Waals surface area (Å²) in [4.78, 5) is 20.3. The van der Waals surface area contributed by atoms with Crippen LogP contribution in [0.2, 0.25) is 5.15 Å². The predicted octanol–water partition coefficient (Wildman–Crippen LogP) is 1.79. The molecule has 2 heterocycles. The van der Waals surface area contributed by atoms with E-state index in [2.05, 4.69) is 27.1 Å². The molecule has 1 aliphatic rings. The van der Waals surface area contributed by atoms with Gasteiger partial charge in [0.2, 0.25) is 11.0 Å². The van der Waals surface area contributed by atoms with Gasteiger partial charge in [-0.25, -0.2) is 9.97 Å². The Kier molecular flexibility index (Phi) is 4.49. The second-order valence-corrected chi connectivity index (χ2v) is 4.91. The number of nitrogens with one attached hydrogen (secondary N) is 1. The molecule has 1 saturated heterocycles. The van der Waals surface area contributed by atoms with Crippen molar-refractivity contribution < 1.29 is 4.92 Å². The topological polar surface area (TPSA) is 84.2 Å². The van der Waals surface area contributed by atoms with Gasteiger partial charge >= 0.3 is 5.69 Å². The van der Waals surface area contributed by atoms with Gasteiger partial charge in [0.1, 0.15) is 6.33 Å². The van der Waals surface area contributed by atoms with E-state index in [4.69, 9.17) is 11.6 Å². The molecule has 0 spiro atoms. The molecule has 0 aliphatic carbocycles. The molecule has 0 aromatic carbocycles. The smallest absolute Gasteiger partial charge is 0.348 e. The Morgan fingerprint density at radius 3 is 3.05 bits per heavy atom. The van der Waals surface area contributed by atoms with E-state index in [1.54, 1.807) is 0 Å². The van der Waals surface area contributed by atoms with Gasteiger partial charge in [0, 0.05) is 13.1 Å². The molecule has 2 rings (SSSR count). The van der Waals surface area contributed by atoms with Crippen LogP contribution >= 0.6 is 11.6 Å². The molecular formula is C11H16ClN5O2. The minimum absolute atomic E-state index is 0.135. The summed E-state index contributed by atoms with van der Waals surface area (Å²) in [5.41, 5.74) is -0.255. The number of rotatable bonds is 5. The fourth-order valence-electron chi connectivity index (χ4n) is 2.26. The van der Waals surface area contributed by atoms with Gasteiger partial charge in [0.05, 0.1) is 4.92 Å². The lowest BCUT2D eigenvalue weighted by atomic mass is 10.1. The van der Waals surface area contributed by atoms with Gasteiger partial charge in [-0.05, 0) is 25.4 Å². The standard InChI is InChI=1S/C11H16ClN5O2/c1-2-16-4-3-8(6-16)5-13-11-9(17(18)19)10(12)14-7-15-11/h7-8H,2-6H2,1H3,(H,13,14,15). The minimum Gasteiger partial charge on any atom is -0.364 e. The average molecular weight is 286 g/mol. The molecule has 0 radical (unpaired) electrons. The van der Waals surface area contributed by atoms with E-state index in [0.717, 1.165) is 26.1 Å². The lowest BCUT2D eigenvalue weighted by Crippen LogP contribution is -2.22. The van der Waals surface area contributed by atoms with Crippen LogP contribution in [0.25, 0.3) is 0 Å². The molecular weight excluding hydrogens is 270 g/mol. The molecule has 104 valence electrons. The summed E-state index contributed by atoms with van der Waals surface area (Å²) >= 11 is 5.72. The van der Waals surface area contributed by atoms with Crippen LogP contribution in [-0.2, 0) is 0 Å². The quantitative estimate of drug-likeness (QED) is 0.504. The van der Waals surface area contributed by atoms with Crippen LogP contribution in [0.1, 0.15) is 13.3 Å². The van der Waals surface area contributed by atoms with Crippen LogP contribution in [0.4, 0.5) is 11.5 Å². The fraction of sp³-hybridized carbons (Fsp3) is 0.636. The first-order valence-corrected chi connectivity index (χ1v) is 6.60. The van der Waals surface area contributed by atoms with Crippen molar-refractivity contribution in [2.75, 3.05) is 31.5 Å². The van der Waals surface area contributed by atoms with Crippen LogP contribution < -0.4 is 5.32 Å². The summed E-state index contributed by atoms with van der Waals surface area (Å²) in [5, 5.41) is 13.8. The van der Waals surface area contributed by atoms with Crippen LogP contribution in [0, 0.1) is 16.0 Å². The lowest BCUT2D eigenvalue weighted by Gasteiger charge is -2.14. The number of likely N-dealkylation sites (tertiary alicyclic amines) is 1. The SMILES string of the molecule is CCN1CCC(CNc2ncnc(Cl)c2[N+](=O)[O-])C1. The first-order valence-electron chi connectivity index (χ1n) is 6.23. The van der Waals surface area contributed by atoms with Crippen molar-refractivity contribution in [2.24, 2.45) is 5.92 Å². The van der Waals surface area contributed by atoms with Gasteiger partial charge in [0.25, 0.3) is 0 Å². The zero-order valence-electron chi connectivity index (χ0n) is 10.7. The predicted molar refractivity (Wildman–Crippen MR) is 72.4 cm³/mol. The molecule has 7 nitrogen and oxygen atoms in total. The van der Waals surface area contributed by atoms with Gasteiger partial charge in [0.15, 0.2) is 0 Å². The van der Waals surface area contributed by atoms with Crippen LogP contribution in [0.15, 0.2) is 6.33 Å². The third kappa shape index (κ3) is 3.30. The maximum absolute atomic E-state index is 10.9. The molecule has 8 heteroatoms. The number of hydrogen-bond acceptors (Lipinski definition) is 6. The van der Waals surface area contributed by atoms with E-state index < -0.39 is 4.92 Å². The molecule has 1 fully saturated rings. The number of nitro groups is 1. The van der Waals surface area contributed by atoms with Gasteiger partial charge in [-0.2, -0.15) is 0 Å². The Morgan fingerprint density at radius 2 is 2.42 bits per heavy atom. The van der Waals surface area contributed by atoms with Crippen LogP contribution in [-0.4, -0.2) is 46.0 Å². The maximum Gasteiger partial charge on any atom is 0.348 e. The Balaban J connectivity index is 2.00. The summed E-state index contributed by atoms with van der Waals surface area (Å²) in [6, 6.07) is 0. The van der Waals surface area contributed by atoms with E-state index in [1.807, 2.05) is 0 Å². The molecule has 1 aromatic heterocycles. The molecule has 0 saturated carbocycles. The van der Waals surface area contributed by atoms with Crippen molar-refractivity contribution in [2.45, 2.75) is 13.3 Å². The van der Waals surface area contributed by atoms with E-state index >= 15 is 0 Å². The van der Waals surface area contributed by atoms with Crippen molar-refractivity contribution in [3.8, 4) is 0 Å². The Bertz CT molecular complexity index is 470. The van der Waals surface area contributed by atoms with Crippen molar-refractivity contribution in [3.63, 3.8) is 0 Å². The Morgan fingerprint density at radius 1 is 1.63 bits per heavy atom. The molecule has 1 aliphatic heterocycles. The summed E-state index contributed by atoms with van der Waals surface area (Å²) in [6.07, 6.45) is 2.32. The summed E-state index contributed by atoms with van der Waals surface area (Å²) in [7, 11) is 0. The Labute approximate surface area is 116 Å². The van der Waals surface area contributed by atoms with E-state index in [9.17, 15) is 10.1 Å². The molecule has 0 amide bonds. The number of nitrogens with zero attached hydrogens (tertiary/aromatic N) is 4. The maximum atomic E-state index is 10.9. The first-order chi connectivity index (χ1) is 9.11. The third-order valence-corrected chi connectivity index (χ3v) is 3.61. The van der Waals surface area contributed by atoms with Gasteiger partial charge < -0.3 is 10.2 Å². The van der Waals surface area contributed by atoms with Crippen molar-refractivity contribution in [3.05, 3.63) is 21.6 Å². The number of anilines is 1.